The summed E-state index contributed by atoms with van der Waals surface area (Å²) in [5, 5.41) is 3.48. The van der Waals surface area contributed by atoms with Gasteiger partial charge in [0.05, 0.1) is 5.69 Å². The van der Waals surface area contributed by atoms with Crippen LogP contribution in [0.4, 0.5) is 10.1 Å². The van der Waals surface area contributed by atoms with Gasteiger partial charge in [0.25, 0.3) is 5.91 Å². The highest BCUT2D eigenvalue weighted by Gasteiger charge is 2.31. The van der Waals surface area contributed by atoms with Crippen molar-refractivity contribution in [2.45, 2.75) is 19.5 Å². The molecule has 2 aromatic rings. The summed E-state index contributed by atoms with van der Waals surface area (Å²) in [7, 11) is 0. The molecule has 3 rings (SSSR count). The predicted octanol–water partition coefficient (Wildman–Crippen LogP) is 0.790. The molecule has 1 atom stereocenters. The van der Waals surface area contributed by atoms with E-state index in [-0.39, 0.29) is 17.6 Å². The van der Waals surface area contributed by atoms with Gasteiger partial charge in [-0.1, -0.05) is 35.9 Å². The molecule has 1 saturated heterocycles. The van der Waals surface area contributed by atoms with Crippen molar-refractivity contribution in [2.75, 3.05) is 31.5 Å². The molecule has 0 saturated carbocycles. The van der Waals surface area contributed by atoms with E-state index >= 15 is 0 Å². The number of rotatable bonds is 5. The average molecular weight is 378 g/mol. The number of anilines is 1. The monoisotopic (exact) mass is 377 g/mol. The van der Waals surface area contributed by atoms with Gasteiger partial charge in [-0.15, -0.1) is 0 Å². The number of hydrogen-bond acceptors (Lipinski definition) is 1. The average Bonchev–Trinajstić information content (AvgIpc) is 2.64. The van der Waals surface area contributed by atoms with Crippen molar-refractivity contribution in [3.63, 3.8) is 0 Å². The lowest BCUT2D eigenvalue weighted by Crippen LogP contribution is -3.29. The van der Waals surface area contributed by atoms with Crippen molar-refractivity contribution >= 4 is 23.2 Å². The topological polar surface area (TPSA) is 38.0 Å². The summed E-state index contributed by atoms with van der Waals surface area (Å²) in [6.45, 7) is 6.69. The number of piperazine rings is 1. The molecule has 0 bridgehead atoms. The third-order valence-electron chi connectivity index (χ3n) is 5.08. The van der Waals surface area contributed by atoms with Gasteiger partial charge in [-0.3, -0.25) is 4.79 Å². The Balaban J connectivity index is 1.51. The summed E-state index contributed by atoms with van der Waals surface area (Å²) in [4.78, 5) is 15.2. The second kappa shape index (κ2) is 8.62. The molecule has 1 fully saturated rings. The standard InChI is InChI=1S/C20H23ClFN3O/c1-15(20(26)23-19-8-3-2-7-18(19)22)25-11-9-24(10-12-25)14-16-5-4-6-17(21)13-16/h2-8,13,15H,9-12,14H2,1H3,(H,23,26)/p+2/t15-/m0/s1. The Morgan fingerprint density at radius 1 is 1.15 bits per heavy atom. The summed E-state index contributed by atoms with van der Waals surface area (Å²) in [6, 6.07) is 14.0. The normalized spacial score (nSPS) is 21.2. The van der Waals surface area contributed by atoms with E-state index in [1.807, 2.05) is 25.1 Å². The number of benzene rings is 2. The van der Waals surface area contributed by atoms with Crippen LogP contribution < -0.4 is 15.1 Å². The van der Waals surface area contributed by atoms with Crippen LogP contribution in [-0.2, 0) is 11.3 Å². The number of hydrogen-bond donors (Lipinski definition) is 3. The number of amides is 1. The zero-order chi connectivity index (χ0) is 18.5. The number of quaternary nitrogens is 2. The van der Waals surface area contributed by atoms with E-state index in [0.717, 1.165) is 37.7 Å². The highest BCUT2D eigenvalue weighted by molar-refractivity contribution is 6.30. The van der Waals surface area contributed by atoms with Gasteiger partial charge in [0.1, 0.15) is 38.5 Å². The summed E-state index contributed by atoms with van der Waals surface area (Å²) in [5.41, 5.74) is 1.48. The predicted molar refractivity (Wildman–Crippen MR) is 101 cm³/mol. The Morgan fingerprint density at radius 2 is 1.88 bits per heavy atom. The highest BCUT2D eigenvalue weighted by atomic mass is 35.5. The Morgan fingerprint density at radius 3 is 2.58 bits per heavy atom. The van der Waals surface area contributed by atoms with Gasteiger partial charge in [0.2, 0.25) is 0 Å². The summed E-state index contributed by atoms with van der Waals surface area (Å²) >= 11 is 6.06. The Bertz CT molecular complexity index is 762. The van der Waals surface area contributed by atoms with Crippen molar-refractivity contribution in [3.8, 4) is 0 Å². The summed E-state index contributed by atoms with van der Waals surface area (Å²) in [5.74, 6) is -0.540. The Hall–Kier alpha value is -1.95. The molecule has 6 heteroatoms. The van der Waals surface area contributed by atoms with Crippen LogP contribution in [0.5, 0.6) is 0 Å². The molecule has 1 amide bonds. The summed E-state index contributed by atoms with van der Waals surface area (Å²) in [6.07, 6.45) is 0. The van der Waals surface area contributed by atoms with Crippen LogP contribution in [0.25, 0.3) is 0 Å². The van der Waals surface area contributed by atoms with Crippen LogP contribution in [0.15, 0.2) is 48.5 Å². The van der Waals surface area contributed by atoms with E-state index in [1.54, 1.807) is 18.2 Å². The molecule has 1 aliphatic rings. The minimum absolute atomic E-state index is 0.136. The molecular weight excluding hydrogens is 353 g/mol. The smallest absolute Gasteiger partial charge is 0.282 e. The van der Waals surface area contributed by atoms with Crippen molar-refractivity contribution in [2.24, 2.45) is 0 Å². The van der Waals surface area contributed by atoms with Gasteiger partial charge in [0.15, 0.2) is 6.04 Å². The fraction of sp³-hybridized carbons (Fsp3) is 0.350. The molecule has 3 N–H and O–H groups in total. The number of nitrogens with one attached hydrogen (secondary N) is 3. The lowest BCUT2D eigenvalue weighted by molar-refractivity contribution is -1.02. The quantitative estimate of drug-likeness (QED) is 0.708. The second-order valence-electron chi connectivity index (χ2n) is 6.91. The van der Waals surface area contributed by atoms with E-state index in [0.29, 0.717) is 0 Å². The first-order valence-corrected chi connectivity index (χ1v) is 9.38. The maximum atomic E-state index is 13.7. The maximum absolute atomic E-state index is 13.7. The second-order valence-corrected chi connectivity index (χ2v) is 7.34. The molecule has 0 radical (unpaired) electrons. The number of carbonyl (C=O) groups excluding carboxylic acids is 1. The molecular formula is C20H25ClFN3O+2. The van der Waals surface area contributed by atoms with E-state index in [1.165, 1.54) is 21.4 Å². The van der Waals surface area contributed by atoms with E-state index in [2.05, 4.69) is 11.4 Å². The zero-order valence-electron chi connectivity index (χ0n) is 14.9. The number of para-hydroxylation sites is 1. The van der Waals surface area contributed by atoms with Crippen LogP contribution in [0.1, 0.15) is 12.5 Å². The zero-order valence-corrected chi connectivity index (χ0v) is 15.7. The van der Waals surface area contributed by atoms with Crippen LogP contribution in [0.2, 0.25) is 5.02 Å². The molecule has 26 heavy (non-hydrogen) atoms. The fourth-order valence-electron chi connectivity index (χ4n) is 3.46. The van der Waals surface area contributed by atoms with Crippen molar-refractivity contribution < 1.29 is 19.0 Å². The van der Waals surface area contributed by atoms with Crippen LogP contribution in [0.3, 0.4) is 0 Å². The fourth-order valence-corrected chi connectivity index (χ4v) is 3.67. The molecule has 0 aromatic heterocycles. The lowest BCUT2D eigenvalue weighted by Gasteiger charge is -2.32. The molecule has 2 aromatic carbocycles. The Kier molecular flexibility index (Phi) is 6.25. The first kappa shape index (κ1) is 18.8. The first-order valence-electron chi connectivity index (χ1n) is 9.01. The van der Waals surface area contributed by atoms with Gasteiger partial charge in [0, 0.05) is 10.6 Å². The molecule has 138 valence electrons. The van der Waals surface area contributed by atoms with E-state index < -0.39 is 5.82 Å². The highest BCUT2D eigenvalue weighted by Crippen LogP contribution is 2.12. The first-order chi connectivity index (χ1) is 12.5. The summed E-state index contributed by atoms with van der Waals surface area (Å²) < 4.78 is 13.7. The van der Waals surface area contributed by atoms with Crippen molar-refractivity contribution in [3.05, 3.63) is 64.9 Å². The molecule has 1 aliphatic heterocycles. The third-order valence-corrected chi connectivity index (χ3v) is 5.31. The van der Waals surface area contributed by atoms with Crippen LogP contribution in [0, 0.1) is 5.82 Å². The number of halogens is 2. The molecule has 0 aliphatic carbocycles. The lowest BCUT2D eigenvalue weighted by atomic mass is 10.1. The molecule has 1 heterocycles. The third kappa shape index (κ3) is 4.81. The molecule has 0 unspecified atom stereocenters. The Labute approximate surface area is 158 Å². The van der Waals surface area contributed by atoms with Gasteiger partial charge >= 0.3 is 0 Å². The SMILES string of the molecule is C[C@@H](C(=O)Nc1ccccc1F)[NH+]1CC[NH+](Cc2cccc(Cl)c2)CC1. The van der Waals surface area contributed by atoms with Gasteiger partial charge < -0.3 is 15.1 Å². The number of carbonyl (C=O) groups is 1. The maximum Gasteiger partial charge on any atom is 0.282 e. The van der Waals surface area contributed by atoms with E-state index in [4.69, 9.17) is 11.6 Å². The molecule has 4 nitrogen and oxygen atoms in total. The van der Waals surface area contributed by atoms with Crippen LogP contribution in [-0.4, -0.2) is 38.1 Å². The van der Waals surface area contributed by atoms with E-state index in [9.17, 15) is 9.18 Å². The molecule has 0 spiro atoms. The van der Waals surface area contributed by atoms with Gasteiger partial charge in [-0.2, -0.15) is 0 Å². The van der Waals surface area contributed by atoms with Crippen LogP contribution >= 0.6 is 11.6 Å². The largest absolute Gasteiger partial charge is 0.322 e. The van der Waals surface area contributed by atoms with Crippen molar-refractivity contribution in [1.29, 1.82) is 0 Å². The van der Waals surface area contributed by atoms with Gasteiger partial charge in [-0.05, 0) is 31.2 Å². The minimum atomic E-state index is -0.404. The minimum Gasteiger partial charge on any atom is -0.322 e. The van der Waals surface area contributed by atoms with Gasteiger partial charge in [-0.25, -0.2) is 4.39 Å². The van der Waals surface area contributed by atoms with Crippen molar-refractivity contribution in [1.82, 2.24) is 0 Å².